The molecule has 0 radical (unpaired) electrons. The Morgan fingerprint density at radius 3 is 2.77 bits per heavy atom. The van der Waals surface area contributed by atoms with E-state index in [0.717, 1.165) is 32.2 Å². The lowest BCUT2D eigenvalue weighted by Gasteiger charge is -2.31. The second-order valence-electron chi connectivity index (χ2n) is 7.11. The number of carbonyl (C=O) groups excluding carboxylic acids is 1. The van der Waals surface area contributed by atoms with Crippen LogP contribution in [0.1, 0.15) is 52.0 Å². The summed E-state index contributed by atoms with van der Waals surface area (Å²) < 4.78 is 7.14. The molecule has 1 aliphatic rings. The quantitative estimate of drug-likeness (QED) is 0.896. The van der Waals surface area contributed by atoms with E-state index in [4.69, 9.17) is 4.74 Å². The average molecular weight is 308 g/mol. The molecule has 1 heterocycles. The Bertz CT molecular complexity index is 493. The second kappa shape index (κ2) is 7.13. The molecule has 22 heavy (non-hydrogen) atoms. The van der Waals surface area contributed by atoms with E-state index in [2.05, 4.69) is 15.7 Å². The molecule has 1 fully saturated rings. The van der Waals surface area contributed by atoms with Crippen LogP contribution in [0, 0.1) is 0 Å². The van der Waals surface area contributed by atoms with Crippen LogP contribution in [0.2, 0.25) is 0 Å². The predicted octanol–water partition coefficient (Wildman–Crippen LogP) is 2.35. The monoisotopic (exact) mass is 308 g/mol. The molecule has 1 aromatic rings. The molecule has 0 aliphatic heterocycles. The molecule has 0 saturated heterocycles. The molecule has 0 aromatic carbocycles. The van der Waals surface area contributed by atoms with E-state index in [9.17, 15) is 4.79 Å². The third kappa shape index (κ3) is 5.67. The normalized spacial score (nSPS) is 22.4. The van der Waals surface area contributed by atoms with E-state index in [1.54, 1.807) is 0 Å². The molecule has 2 unspecified atom stereocenters. The van der Waals surface area contributed by atoms with Crippen LogP contribution in [0.15, 0.2) is 12.4 Å². The molecule has 6 heteroatoms. The van der Waals surface area contributed by atoms with Crippen molar-refractivity contribution in [2.45, 2.75) is 70.7 Å². The molecule has 1 saturated carbocycles. The van der Waals surface area contributed by atoms with Gasteiger partial charge in [-0.2, -0.15) is 5.10 Å². The molecule has 1 aromatic heterocycles. The van der Waals surface area contributed by atoms with Crippen molar-refractivity contribution in [2.24, 2.45) is 7.05 Å². The van der Waals surface area contributed by atoms with Crippen LogP contribution in [0.5, 0.6) is 0 Å². The number of hydrogen-bond donors (Lipinski definition) is 2. The van der Waals surface area contributed by atoms with E-state index >= 15 is 0 Å². The number of amides is 1. The molecular formula is C16H28N4O2. The van der Waals surface area contributed by atoms with Crippen molar-refractivity contribution in [2.75, 3.05) is 0 Å². The van der Waals surface area contributed by atoms with Crippen molar-refractivity contribution in [3.05, 3.63) is 18.0 Å². The zero-order valence-electron chi connectivity index (χ0n) is 14.1. The Morgan fingerprint density at radius 1 is 1.41 bits per heavy atom. The number of rotatable bonds is 4. The lowest BCUT2D eigenvalue weighted by molar-refractivity contribution is 0.0488. The van der Waals surface area contributed by atoms with Crippen LogP contribution in [0.25, 0.3) is 0 Å². The summed E-state index contributed by atoms with van der Waals surface area (Å²) in [6.07, 6.45) is 7.81. The highest BCUT2D eigenvalue weighted by molar-refractivity contribution is 5.68. The number of aryl methyl sites for hydroxylation is 1. The van der Waals surface area contributed by atoms with Crippen molar-refractivity contribution in [3.63, 3.8) is 0 Å². The van der Waals surface area contributed by atoms with Crippen molar-refractivity contribution in [1.82, 2.24) is 20.4 Å². The predicted molar refractivity (Wildman–Crippen MR) is 85.5 cm³/mol. The van der Waals surface area contributed by atoms with Gasteiger partial charge in [0, 0.05) is 37.4 Å². The van der Waals surface area contributed by atoms with Gasteiger partial charge in [0.1, 0.15) is 5.60 Å². The smallest absolute Gasteiger partial charge is 0.407 e. The Kier molecular flexibility index (Phi) is 5.45. The lowest BCUT2D eigenvalue weighted by atomic mass is 9.91. The number of ether oxygens (including phenoxy) is 1. The van der Waals surface area contributed by atoms with Gasteiger partial charge in [0.05, 0.1) is 6.20 Å². The standard InChI is InChI=1S/C16H28N4O2/c1-16(2,3)22-15(21)19-14-7-5-6-13(8-14)17-9-12-10-18-20(4)11-12/h10-11,13-14,17H,5-9H2,1-4H3,(H,19,21). The minimum absolute atomic E-state index is 0.190. The average Bonchev–Trinajstić information content (AvgIpc) is 2.80. The summed E-state index contributed by atoms with van der Waals surface area (Å²) in [7, 11) is 1.92. The number of hydrogen-bond acceptors (Lipinski definition) is 4. The fraction of sp³-hybridized carbons (Fsp3) is 0.750. The third-order valence-electron chi connectivity index (χ3n) is 3.75. The van der Waals surface area contributed by atoms with Gasteiger partial charge in [-0.3, -0.25) is 4.68 Å². The van der Waals surface area contributed by atoms with Crippen LogP contribution in [0.3, 0.4) is 0 Å². The van der Waals surface area contributed by atoms with Crippen molar-refractivity contribution in [3.8, 4) is 0 Å². The first-order valence-electron chi connectivity index (χ1n) is 8.02. The molecular weight excluding hydrogens is 280 g/mol. The molecule has 2 N–H and O–H groups in total. The summed E-state index contributed by atoms with van der Waals surface area (Å²) in [5, 5.41) is 10.7. The maximum absolute atomic E-state index is 11.9. The summed E-state index contributed by atoms with van der Waals surface area (Å²) in [6, 6.07) is 0.615. The van der Waals surface area contributed by atoms with Crippen LogP contribution >= 0.6 is 0 Å². The first-order chi connectivity index (χ1) is 10.3. The van der Waals surface area contributed by atoms with Crippen LogP contribution in [0.4, 0.5) is 4.79 Å². The molecule has 0 spiro atoms. The molecule has 0 bridgehead atoms. The van der Waals surface area contributed by atoms with E-state index < -0.39 is 5.60 Å². The largest absolute Gasteiger partial charge is 0.444 e. The fourth-order valence-electron chi connectivity index (χ4n) is 2.81. The van der Waals surface area contributed by atoms with E-state index in [-0.39, 0.29) is 12.1 Å². The molecule has 6 nitrogen and oxygen atoms in total. The van der Waals surface area contributed by atoms with Gasteiger partial charge in [-0.25, -0.2) is 4.79 Å². The summed E-state index contributed by atoms with van der Waals surface area (Å²) in [5.41, 5.74) is 0.737. The lowest BCUT2D eigenvalue weighted by Crippen LogP contribution is -2.45. The zero-order valence-corrected chi connectivity index (χ0v) is 14.1. The summed E-state index contributed by atoms with van der Waals surface area (Å²) in [6.45, 7) is 6.46. The number of nitrogens with zero attached hydrogens (tertiary/aromatic N) is 2. The summed E-state index contributed by atoms with van der Waals surface area (Å²) >= 11 is 0. The maximum Gasteiger partial charge on any atom is 0.407 e. The van der Waals surface area contributed by atoms with Gasteiger partial charge >= 0.3 is 6.09 Å². The zero-order chi connectivity index (χ0) is 16.2. The second-order valence-corrected chi connectivity index (χ2v) is 7.11. The minimum Gasteiger partial charge on any atom is -0.444 e. The molecule has 1 amide bonds. The van der Waals surface area contributed by atoms with Crippen molar-refractivity contribution >= 4 is 6.09 Å². The SMILES string of the molecule is Cn1cc(CNC2CCCC(NC(=O)OC(C)(C)C)C2)cn1. The van der Waals surface area contributed by atoms with Gasteiger partial charge in [-0.1, -0.05) is 0 Å². The summed E-state index contributed by atoms with van der Waals surface area (Å²) in [5.74, 6) is 0. The number of aromatic nitrogens is 2. The van der Waals surface area contributed by atoms with Gasteiger partial charge in [0.2, 0.25) is 0 Å². The van der Waals surface area contributed by atoms with Gasteiger partial charge in [-0.05, 0) is 46.5 Å². The fourth-order valence-corrected chi connectivity index (χ4v) is 2.81. The molecule has 124 valence electrons. The van der Waals surface area contributed by atoms with E-state index in [1.807, 2.05) is 44.9 Å². The maximum atomic E-state index is 11.9. The molecule has 2 rings (SSSR count). The first kappa shape index (κ1) is 16.8. The van der Waals surface area contributed by atoms with E-state index in [1.165, 1.54) is 5.56 Å². The van der Waals surface area contributed by atoms with Crippen molar-refractivity contribution in [1.29, 1.82) is 0 Å². The first-order valence-corrected chi connectivity index (χ1v) is 8.02. The Labute approximate surface area is 132 Å². The summed E-state index contributed by atoms with van der Waals surface area (Å²) in [4.78, 5) is 11.9. The minimum atomic E-state index is -0.448. The third-order valence-corrected chi connectivity index (χ3v) is 3.75. The topological polar surface area (TPSA) is 68.2 Å². The molecule has 2 atom stereocenters. The van der Waals surface area contributed by atoms with Crippen LogP contribution in [-0.2, 0) is 18.3 Å². The van der Waals surface area contributed by atoms with Gasteiger partial charge in [0.25, 0.3) is 0 Å². The highest BCUT2D eigenvalue weighted by Gasteiger charge is 2.25. The van der Waals surface area contributed by atoms with Gasteiger partial charge in [0.15, 0.2) is 0 Å². The number of nitrogens with one attached hydrogen (secondary N) is 2. The van der Waals surface area contributed by atoms with Gasteiger partial charge < -0.3 is 15.4 Å². The Hall–Kier alpha value is -1.56. The van der Waals surface area contributed by atoms with Crippen LogP contribution < -0.4 is 10.6 Å². The number of alkyl carbamates (subject to hydrolysis) is 1. The highest BCUT2D eigenvalue weighted by atomic mass is 16.6. The molecule has 1 aliphatic carbocycles. The van der Waals surface area contributed by atoms with E-state index in [0.29, 0.717) is 6.04 Å². The Balaban J connectivity index is 1.75. The Morgan fingerprint density at radius 2 is 2.14 bits per heavy atom. The van der Waals surface area contributed by atoms with Crippen LogP contribution in [-0.4, -0.2) is 33.6 Å². The highest BCUT2D eigenvalue weighted by Crippen LogP contribution is 2.19. The van der Waals surface area contributed by atoms with Crippen molar-refractivity contribution < 1.29 is 9.53 Å². The number of carbonyl (C=O) groups is 1. The van der Waals surface area contributed by atoms with Gasteiger partial charge in [-0.15, -0.1) is 0 Å².